The maximum atomic E-state index is 6.00. The lowest BCUT2D eigenvalue weighted by Crippen LogP contribution is -2.08. The fourth-order valence-corrected chi connectivity index (χ4v) is 2.69. The molecule has 0 saturated carbocycles. The van der Waals surface area contributed by atoms with Crippen molar-refractivity contribution in [1.82, 2.24) is 0 Å². The van der Waals surface area contributed by atoms with E-state index < -0.39 is 0 Å². The first-order valence-corrected chi connectivity index (χ1v) is 8.10. The highest BCUT2D eigenvalue weighted by Gasteiger charge is 2.10. The van der Waals surface area contributed by atoms with Crippen molar-refractivity contribution in [2.24, 2.45) is 5.73 Å². The predicted octanol–water partition coefficient (Wildman–Crippen LogP) is 4.82. The molecule has 1 atom stereocenters. The van der Waals surface area contributed by atoms with Crippen LogP contribution in [-0.4, -0.2) is 7.11 Å². The van der Waals surface area contributed by atoms with Gasteiger partial charge in [0.1, 0.15) is 18.1 Å². The number of ether oxygens (including phenoxy) is 2. The molecule has 2 aromatic carbocycles. The minimum atomic E-state index is -0.0914. The van der Waals surface area contributed by atoms with Gasteiger partial charge in [-0.2, -0.15) is 0 Å². The van der Waals surface area contributed by atoms with Gasteiger partial charge in [0.15, 0.2) is 0 Å². The Balaban J connectivity index is 2.20. The first kappa shape index (κ1) is 16.3. The van der Waals surface area contributed by atoms with Gasteiger partial charge in [-0.05, 0) is 43.3 Å². The van der Waals surface area contributed by atoms with E-state index >= 15 is 0 Å². The number of nitrogens with two attached hydrogens (primary N) is 1. The minimum absolute atomic E-state index is 0.0914. The summed E-state index contributed by atoms with van der Waals surface area (Å²) in [6, 6.07) is 11.6. The van der Waals surface area contributed by atoms with Crippen molar-refractivity contribution >= 4 is 31.9 Å². The summed E-state index contributed by atoms with van der Waals surface area (Å²) in [5.41, 5.74) is 7.99. The third-order valence-corrected chi connectivity index (χ3v) is 4.37. The van der Waals surface area contributed by atoms with Gasteiger partial charge in [-0.3, -0.25) is 0 Å². The molecule has 0 radical (unpaired) electrons. The summed E-state index contributed by atoms with van der Waals surface area (Å²) in [6.07, 6.45) is 0. The Bertz CT molecular complexity index is 630. The molecule has 5 heteroatoms. The van der Waals surface area contributed by atoms with Crippen molar-refractivity contribution in [3.63, 3.8) is 0 Å². The van der Waals surface area contributed by atoms with Crippen molar-refractivity contribution in [2.75, 3.05) is 7.11 Å². The normalized spacial score (nSPS) is 12.0. The summed E-state index contributed by atoms with van der Waals surface area (Å²) in [6.45, 7) is 2.38. The molecule has 0 aliphatic carbocycles. The van der Waals surface area contributed by atoms with E-state index in [-0.39, 0.29) is 6.04 Å². The molecule has 2 rings (SSSR count). The Hall–Kier alpha value is -1.04. The predicted molar refractivity (Wildman–Crippen MR) is 91.8 cm³/mol. The molecular formula is C16H17Br2NO2. The highest BCUT2D eigenvalue weighted by molar-refractivity contribution is 9.10. The lowest BCUT2D eigenvalue weighted by Gasteiger charge is -2.15. The molecule has 0 unspecified atom stereocenters. The number of hydrogen-bond acceptors (Lipinski definition) is 3. The standard InChI is InChI=1S/C16H17Br2NO2/c1-10(19)14-8-12(17)3-6-16(14)21-9-11-7-13(20-2)4-5-15(11)18/h3-8,10H,9,19H2,1-2H3/t10-/m1/s1. The molecular weight excluding hydrogens is 398 g/mol. The number of rotatable bonds is 5. The van der Waals surface area contributed by atoms with E-state index in [0.717, 1.165) is 31.6 Å². The highest BCUT2D eigenvalue weighted by atomic mass is 79.9. The zero-order valence-corrected chi connectivity index (χ0v) is 15.1. The quantitative estimate of drug-likeness (QED) is 0.762. The smallest absolute Gasteiger partial charge is 0.124 e. The summed E-state index contributed by atoms with van der Waals surface area (Å²) in [4.78, 5) is 0. The second-order valence-electron chi connectivity index (χ2n) is 4.72. The van der Waals surface area contributed by atoms with Crippen LogP contribution in [0.3, 0.4) is 0 Å². The fourth-order valence-electron chi connectivity index (χ4n) is 1.95. The molecule has 0 aliphatic heterocycles. The van der Waals surface area contributed by atoms with Gasteiger partial charge in [-0.25, -0.2) is 0 Å². The number of halogens is 2. The molecule has 2 aromatic rings. The molecule has 0 saturated heterocycles. The molecule has 2 N–H and O–H groups in total. The molecule has 21 heavy (non-hydrogen) atoms. The molecule has 3 nitrogen and oxygen atoms in total. The van der Waals surface area contributed by atoms with Crippen LogP contribution in [0.25, 0.3) is 0 Å². The fraction of sp³-hybridized carbons (Fsp3) is 0.250. The monoisotopic (exact) mass is 413 g/mol. The third kappa shape index (κ3) is 4.22. The van der Waals surface area contributed by atoms with Crippen LogP contribution < -0.4 is 15.2 Å². The van der Waals surface area contributed by atoms with E-state index in [1.165, 1.54) is 0 Å². The summed E-state index contributed by atoms with van der Waals surface area (Å²) in [7, 11) is 1.65. The Morgan fingerprint density at radius 1 is 1.14 bits per heavy atom. The average Bonchev–Trinajstić information content (AvgIpc) is 2.47. The maximum Gasteiger partial charge on any atom is 0.124 e. The Labute approximate surface area is 141 Å². The van der Waals surface area contributed by atoms with Gasteiger partial charge in [-0.15, -0.1) is 0 Å². The zero-order chi connectivity index (χ0) is 15.4. The molecule has 0 spiro atoms. The van der Waals surface area contributed by atoms with Crippen LogP contribution >= 0.6 is 31.9 Å². The van der Waals surface area contributed by atoms with Gasteiger partial charge in [0.2, 0.25) is 0 Å². The molecule has 0 aliphatic rings. The van der Waals surface area contributed by atoms with Crippen LogP contribution in [0.5, 0.6) is 11.5 Å². The molecule has 112 valence electrons. The van der Waals surface area contributed by atoms with Crippen molar-refractivity contribution in [1.29, 1.82) is 0 Å². The Morgan fingerprint density at radius 2 is 1.90 bits per heavy atom. The van der Waals surface area contributed by atoms with Gasteiger partial charge in [0.05, 0.1) is 7.11 Å². The van der Waals surface area contributed by atoms with Crippen molar-refractivity contribution in [3.05, 3.63) is 56.5 Å². The summed E-state index contributed by atoms with van der Waals surface area (Å²) in [5, 5.41) is 0. The van der Waals surface area contributed by atoms with Gasteiger partial charge >= 0.3 is 0 Å². The van der Waals surface area contributed by atoms with Crippen LogP contribution in [0, 0.1) is 0 Å². The first-order valence-electron chi connectivity index (χ1n) is 6.51. The largest absolute Gasteiger partial charge is 0.497 e. The highest BCUT2D eigenvalue weighted by Crippen LogP contribution is 2.29. The van der Waals surface area contributed by atoms with E-state index in [0.29, 0.717) is 6.61 Å². The average molecular weight is 415 g/mol. The van der Waals surface area contributed by atoms with Gasteiger partial charge in [0, 0.05) is 26.1 Å². The molecule has 0 fully saturated rings. The van der Waals surface area contributed by atoms with E-state index in [4.69, 9.17) is 15.2 Å². The van der Waals surface area contributed by atoms with E-state index in [2.05, 4.69) is 31.9 Å². The SMILES string of the molecule is COc1ccc(Br)c(COc2ccc(Br)cc2[C@@H](C)N)c1. The molecule has 0 bridgehead atoms. The topological polar surface area (TPSA) is 44.5 Å². The minimum Gasteiger partial charge on any atom is -0.497 e. The molecule has 0 heterocycles. The molecule has 0 aromatic heterocycles. The van der Waals surface area contributed by atoms with Crippen molar-refractivity contribution < 1.29 is 9.47 Å². The van der Waals surface area contributed by atoms with Crippen molar-refractivity contribution in [2.45, 2.75) is 19.6 Å². The van der Waals surface area contributed by atoms with Gasteiger partial charge in [0.25, 0.3) is 0 Å². The van der Waals surface area contributed by atoms with E-state index in [1.807, 2.05) is 43.3 Å². The summed E-state index contributed by atoms with van der Waals surface area (Å²) in [5.74, 6) is 1.60. The van der Waals surface area contributed by atoms with Crippen LogP contribution in [0.15, 0.2) is 45.3 Å². The van der Waals surface area contributed by atoms with Gasteiger partial charge < -0.3 is 15.2 Å². The van der Waals surface area contributed by atoms with Gasteiger partial charge in [-0.1, -0.05) is 31.9 Å². The third-order valence-electron chi connectivity index (χ3n) is 3.10. The van der Waals surface area contributed by atoms with Crippen LogP contribution in [0.1, 0.15) is 24.1 Å². The Kier molecular flexibility index (Phi) is 5.67. The Morgan fingerprint density at radius 3 is 2.57 bits per heavy atom. The summed E-state index contributed by atoms with van der Waals surface area (Å²) >= 11 is 6.98. The van der Waals surface area contributed by atoms with Crippen LogP contribution in [-0.2, 0) is 6.61 Å². The van der Waals surface area contributed by atoms with Crippen LogP contribution in [0.4, 0.5) is 0 Å². The first-order chi connectivity index (χ1) is 10.0. The second-order valence-corrected chi connectivity index (χ2v) is 6.49. The van der Waals surface area contributed by atoms with E-state index in [9.17, 15) is 0 Å². The summed E-state index contributed by atoms with van der Waals surface area (Å²) < 4.78 is 13.1. The zero-order valence-electron chi connectivity index (χ0n) is 11.9. The second kappa shape index (κ2) is 7.29. The lowest BCUT2D eigenvalue weighted by atomic mass is 10.1. The number of benzene rings is 2. The van der Waals surface area contributed by atoms with Crippen molar-refractivity contribution in [3.8, 4) is 11.5 Å². The van der Waals surface area contributed by atoms with Crippen LogP contribution in [0.2, 0.25) is 0 Å². The number of hydrogen-bond donors (Lipinski definition) is 1. The number of methoxy groups -OCH3 is 1. The molecule has 0 amide bonds. The maximum absolute atomic E-state index is 6.00. The van der Waals surface area contributed by atoms with E-state index in [1.54, 1.807) is 7.11 Å². The lowest BCUT2D eigenvalue weighted by molar-refractivity contribution is 0.299.